The van der Waals surface area contributed by atoms with Crippen molar-refractivity contribution < 1.29 is 9.90 Å². The summed E-state index contributed by atoms with van der Waals surface area (Å²) in [5.74, 6) is -1.02. The van der Waals surface area contributed by atoms with E-state index in [2.05, 4.69) is 11.8 Å². The van der Waals surface area contributed by atoms with Crippen molar-refractivity contribution >= 4 is 34.9 Å². The molecule has 1 heterocycles. The highest BCUT2D eigenvalue weighted by Gasteiger charge is 2.28. The first-order valence-corrected chi connectivity index (χ1v) is 5.75. The molecule has 0 aliphatic carbocycles. The summed E-state index contributed by atoms with van der Waals surface area (Å²) in [5.41, 5.74) is 0.860. The minimum atomic E-state index is -1.02. The quantitative estimate of drug-likeness (QED) is 0.886. The molecule has 86 valence electrons. The van der Waals surface area contributed by atoms with Crippen LogP contribution >= 0.6 is 23.2 Å². The van der Waals surface area contributed by atoms with Gasteiger partial charge in [0.15, 0.2) is 0 Å². The largest absolute Gasteiger partial charge is 0.478 e. The van der Waals surface area contributed by atoms with Gasteiger partial charge < -0.3 is 10.0 Å². The normalized spacial score (nSPS) is 19.4. The first-order valence-electron chi connectivity index (χ1n) is 4.99. The van der Waals surface area contributed by atoms with E-state index >= 15 is 0 Å². The van der Waals surface area contributed by atoms with Crippen LogP contribution in [0.3, 0.4) is 0 Å². The van der Waals surface area contributed by atoms with Crippen molar-refractivity contribution in [3.8, 4) is 0 Å². The fourth-order valence-corrected chi connectivity index (χ4v) is 2.52. The summed E-state index contributed by atoms with van der Waals surface area (Å²) in [6.07, 6.45) is 1.10. The molecule has 0 radical (unpaired) electrons. The van der Waals surface area contributed by atoms with Crippen LogP contribution in [0.2, 0.25) is 10.0 Å². The highest BCUT2D eigenvalue weighted by molar-refractivity contribution is 6.39. The van der Waals surface area contributed by atoms with E-state index in [-0.39, 0.29) is 5.56 Å². The van der Waals surface area contributed by atoms with Gasteiger partial charge in [-0.2, -0.15) is 0 Å². The third-order valence-corrected chi connectivity index (χ3v) is 3.45. The highest BCUT2D eigenvalue weighted by atomic mass is 35.5. The Kier molecular flexibility index (Phi) is 3.00. The molecule has 16 heavy (non-hydrogen) atoms. The molecule has 1 aromatic rings. The number of hydrogen-bond acceptors (Lipinski definition) is 2. The Bertz CT molecular complexity index is 425. The fourth-order valence-electron chi connectivity index (χ4n) is 1.81. The Labute approximate surface area is 104 Å². The van der Waals surface area contributed by atoms with Crippen molar-refractivity contribution in [3.63, 3.8) is 0 Å². The number of carboxylic acids is 1. The van der Waals surface area contributed by atoms with E-state index in [1.807, 2.05) is 0 Å². The van der Waals surface area contributed by atoms with Crippen molar-refractivity contribution in [2.45, 2.75) is 19.4 Å². The zero-order chi connectivity index (χ0) is 11.9. The van der Waals surface area contributed by atoms with Crippen molar-refractivity contribution in [2.75, 3.05) is 11.4 Å². The van der Waals surface area contributed by atoms with Crippen LogP contribution in [0.1, 0.15) is 23.7 Å². The minimum absolute atomic E-state index is 0.118. The van der Waals surface area contributed by atoms with Gasteiger partial charge in [0, 0.05) is 12.6 Å². The number of rotatable bonds is 2. The molecule has 0 spiro atoms. The third-order valence-electron chi connectivity index (χ3n) is 2.87. The molecule has 1 atom stereocenters. The molecule has 0 aromatic heterocycles. The second-order valence-corrected chi connectivity index (χ2v) is 4.74. The van der Waals surface area contributed by atoms with Gasteiger partial charge in [-0.05, 0) is 25.5 Å². The molecule has 0 saturated carbocycles. The maximum absolute atomic E-state index is 10.8. The van der Waals surface area contributed by atoms with Crippen LogP contribution in [0, 0.1) is 0 Å². The smallest absolute Gasteiger partial charge is 0.335 e. The molecule has 1 saturated heterocycles. The van der Waals surface area contributed by atoms with Crippen molar-refractivity contribution in [3.05, 3.63) is 27.7 Å². The fraction of sp³-hybridized carbons (Fsp3) is 0.364. The number of benzene rings is 1. The topological polar surface area (TPSA) is 40.5 Å². The molecule has 0 amide bonds. The second kappa shape index (κ2) is 4.15. The van der Waals surface area contributed by atoms with Gasteiger partial charge in [0.05, 0.1) is 21.3 Å². The van der Waals surface area contributed by atoms with Crippen molar-refractivity contribution in [2.24, 2.45) is 0 Å². The van der Waals surface area contributed by atoms with Crippen LogP contribution in [0.4, 0.5) is 5.69 Å². The summed E-state index contributed by atoms with van der Waals surface area (Å²) < 4.78 is 0. The van der Waals surface area contributed by atoms with Crippen LogP contribution in [0.5, 0.6) is 0 Å². The zero-order valence-corrected chi connectivity index (χ0v) is 10.2. The highest BCUT2D eigenvalue weighted by Crippen LogP contribution is 2.39. The van der Waals surface area contributed by atoms with Gasteiger partial charge in [-0.3, -0.25) is 0 Å². The minimum Gasteiger partial charge on any atom is -0.478 e. The average molecular weight is 260 g/mol. The van der Waals surface area contributed by atoms with E-state index in [9.17, 15) is 4.79 Å². The molecule has 5 heteroatoms. The number of aromatic carboxylic acids is 1. The monoisotopic (exact) mass is 259 g/mol. The van der Waals surface area contributed by atoms with Crippen LogP contribution in [-0.4, -0.2) is 23.7 Å². The Morgan fingerprint density at radius 2 is 2.00 bits per heavy atom. The summed E-state index contributed by atoms with van der Waals surface area (Å²) in [7, 11) is 0. The van der Waals surface area contributed by atoms with Gasteiger partial charge in [-0.1, -0.05) is 23.2 Å². The number of halogens is 2. The van der Waals surface area contributed by atoms with Crippen LogP contribution in [0.15, 0.2) is 12.1 Å². The predicted molar refractivity (Wildman–Crippen MR) is 64.8 cm³/mol. The number of carbonyl (C=O) groups is 1. The van der Waals surface area contributed by atoms with E-state index in [1.165, 1.54) is 12.1 Å². The van der Waals surface area contributed by atoms with E-state index in [0.717, 1.165) is 18.7 Å². The molecule has 2 rings (SSSR count). The molecular formula is C11H11Cl2NO2. The van der Waals surface area contributed by atoms with Gasteiger partial charge >= 0.3 is 5.97 Å². The molecule has 1 aliphatic heterocycles. The van der Waals surface area contributed by atoms with Crippen LogP contribution in [-0.2, 0) is 0 Å². The van der Waals surface area contributed by atoms with Gasteiger partial charge in [0.25, 0.3) is 0 Å². The Balaban J connectivity index is 2.43. The number of hydrogen-bond donors (Lipinski definition) is 1. The molecular weight excluding hydrogens is 249 g/mol. The molecule has 1 N–H and O–H groups in total. The lowest BCUT2D eigenvalue weighted by molar-refractivity contribution is 0.0697. The molecule has 1 aromatic carbocycles. The summed E-state index contributed by atoms with van der Waals surface area (Å²) in [6.45, 7) is 2.99. The lowest BCUT2D eigenvalue weighted by Gasteiger charge is -2.41. The van der Waals surface area contributed by atoms with Gasteiger partial charge in [0.2, 0.25) is 0 Å². The van der Waals surface area contributed by atoms with Crippen molar-refractivity contribution in [1.29, 1.82) is 0 Å². The Morgan fingerprint density at radius 1 is 1.44 bits per heavy atom. The molecule has 1 aliphatic rings. The Morgan fingerprint density at radius 3 is 2.31 bits per heavy atom. The first-order chi connectivity index (χ1) is 7.50. The lowest BCUT2D eigenvalue weighted by atomic mass is 10.0. The molecule has 3 nitrogen and oxygen atoms in total. The number of carboxylic acid groups (broad SMARTS) is 1. The SMILES string of the molecule is CC1CCN1c1c(Cl)cc(C(=O)O)cc1Cl. The molecule has 0 bridgehead atoms. The maximum Gasteiger partial charge on any atom is 0.335 e. The predicted octanol–water partition coefficient (Wildman–Crippen LogP) is 3.29. The Hall–Kier alpha value is -0.930. The van der Waals surface area contributed by atoms with E-state index in [1.54, 1.807) is 0 Å². The summed E-state index contributed by atoms with van der Waals surface area (Å²) in [4.78, 5) is 12.9. The van der Waals surface area contributed by atoms with Crippen molar-refractivity contribution in [1.82, 2.24) is 0 Å². The van der Waals surface area contributed by atoms with Gasteiger partial charge in [-0.25, -0.2) is 4.79 Å². The molecule has 1 fully saturated rings. The summed E-state index contributed by atoms with van der Waals surface area (Å²) in [5, 5.41) is 9.65. The standard InChI is InChI=1S/C11H11Cl2NO2/c1-6-2-3-14(6)10-8(12)4-7(11(15)16)5-9(10)13/h4-6H,2-3H2,1H3,(H,15,16). The number of nitrogens with zero attached hydrogens (tertiary/aromatic N) is 1. The summed E-state index contributed by atoms with van der Waals surface area (Å²) in [6, 6.07) is 3.29. The van der Waals surface area contributed by atoms with Gasteiger partial charge in [0.1, 0.15) is 0 Å². The average Bonchev–Trinajstić information content (AvgIpc) is 2.20. The second-order valence-electron chi connectivity index (χ2n) is 3.92. The molecule has 1 unspecified atom stereocenters. The van der Waals surface area contributed by atoms with Crippen LogP contribution in [0.25, 0.3) is 0 Å². The van der Waals surface area contributed by atoms with Crippen LogP contribution < -0.4 is 4.90 Å². The van der Waals surface area contributed by atoms with E-state index in [0.29, 0.717) is 16.1 Å². The summed E-state index contributed by atoms with van der Waals surface area (Å²) >= 11 is 12.1. The first kappa shape index (κ1) is 11.6. The maximum atomic E-state index is 10.8. The zero-order valence-electron chi connectivity index (χ0n) is 8.70. The number of anilines is 1. The van der Waals surface area contributed by atoms with Gasteiger partial charge in [-0.15, -0.1) is 0 Å². The van der Waals surface area contributed by atoms with E-state index < -0.39 is 5.97 Å². The van der Waals surface area contributed by atoms with E-state index in [4.69, 9.17) is 28.3 Å². The third kappa shape index (κ3) is 1.85. The lowest BCUT2D eigenvalue weighted by Crippen LogP contribution is -2.46.